The third-order valence-electron chi connectivity index (χ3n) is 1.77. The van der Waals surface area contributed by atoms with Crippen molar-refractivity contribution in [2.75, 3.05) is 0 Å². The van der Waals surface area contributed by atoms with Gasteiger partial charge >= 0.3 is 0 Å². The molecule has 2 rings (SSSR count). The van der Waals surface area contributed by atoms with E-state index in [0.29, 0.717) is 0 Å². The summed E-state index contributed by atoms with van der Waals surface area (Å²) in [5, 5.41) is 4.78. The first-order valence-corrected chi connectivity index (χ1v) is 4.97. The van der Waals surface area contributed by atoms with Crippen LogP contribution in [0.25, 0.3) is 11.3 Å². The molecule has 1 heterocycles. The highest BCUT2D eigenvalue weighted by molar-refractivity contribution is 7.05. The number of nitrogens with zero attached hydrogens (tertiary/aromatic N) is 2. The van der Waals surface area contributed by atoms with Gasteiger partial charge in [-0.15, -0.1) is 5.10 Å². The van der Waals surface area contributed by atoms with Crippen molar-refractivity contribution in [3.63, 3.8) is 0 Å². The van der Waals surface area contributed by atoms with Crippen molar-refractivity contribution < 1.29 is 0 Å². The molecule has 0 radical (unpaired) electrons. The largest absolute Gasteiger partial charge is 0.138 e. The summed E-state index contributed by atoms with van der Waals surface area (Å²) < 4.78 is 3.88. The van der Waals surface area contributed by atoms with Gasteiger partial charge in [-0.1, -0.05) is 28.2 Å². The molecule has 4 heteroatoms. The second-order valence-corrected chi connectivity index (χ2v) is 4.08. The van der Waals surface area contributed by atoms with Crippen LogP contribution in [0.1, 0.15) is 4.88 Å². The first-order valence-electron chi connectivity index (χ1n) is 3.82. The Hall–Kier alpha value is -0.930. The zero-order valence-corrected chi connectivity index (χ0v) is 8.56. The van der Waals surface area contributed by atoms with E-state index >= 15 is 0 Å². The van der Waals surface area contributed by atoms with Gasteiger partial charge in [0.05, 0.1) is 4.88 Å². The van der Waals surface area contributed by atoms with Crippen molar-refractivity contribution >= 4 is 23.1 Å². The minimum absolute atomic E-state index is 0.740. The van der Waals surface area contributed by atoms with E-state index < -0.39 is 0 Å². The molecule has 66 valence electrons. The number of hydrogen-bond donors (Lipinski definition) is 0. The average Bonchev–Trinajstić information content (AvgIpc) is 2.53. The van der Waals surface area contributed by atoms with Gasteiger partial charge in [0.1, 0.15) is 5.69 Å². The quantitative estimate of drug-likeness (QED) is 0.723. The molecule has 1 aromatic heterocycles. The molecule has 0 fully saturated rings. The number of rotatable bonds is 1. The Balaban J connectivity index is 2.47. The summed E-state index contributed by atoms with van der Waals surface area (Å²) in [6.45, 7) is 2.01. The lowest BCUT2D eigenvalue weighted by Gasteiger charge is -1.96. The lowest BCUT2D eigenvalue weighted by Crippen LogP contribution is -1.79. The molecule has 0 unspecified atom stereocenters. The summed E-state index contributed by atoms with van der Waals surface area (Å²) in [6, 6.07) is 7.61. The predicted octanol–water partition coefficient (Wildman–Crippen LogP) is 3.17. The second kappa shape index (κ2) is 3.44. The molecule has 0 aliphatic rings. The van der Waals surface area contributed by atoms with Gasteiger partial charge < -0.3 is 0 Å². The van der Waals surface area contributed by atoms with Gasteiger partial charge in [-0.3, -0.25) is 0 Å². The van der Waals surface area contributed by atoms with Crippen LogP contribution in [0.5, 0.6) is 0 Å². The maximum Gasteiger partial charge on any atom is 0.108 e. The van der Waals surface area contributed by atoms with Crippen LogP contribution >= 0.6 is 23.1 Å². The number of hydrogen-bond acceptors (Lipinski definition) is 3. The van der Waals surface area contributed by atoms with Crippen LogP contribution in [0.2, 0.25) is 5.02 Å². The van der Waals surface area contributed by atoms with E-state index in [2.05, 4.69) is 9.59 Å². The number of benzene rings is 1. The van der Waals surface area contributed by atoms with Gasteiger partial charge in [0.2, 0.25) is 0 Å². The summed E-state index contributed by atoms with van der Waals surface area (Å²) in [5.74, 6) is 0. The summed E-state index contributed by atoms with van der Waals surface area (Å²) in [6.07, 6.45) is 0. The van der Waals surface area contributed by atoms with Crippen LogP contribution in [-0.4, -0.2) is 9.59 Å². The Morgan fingerprint density at radius 1 is 1.23 bits per heavy atom. The topological polar surface area (TPSA) is 25.8 Å². The summed E-state index contributed by atoms with van der Waals surface area (Å²) in [7, 11) is 0. The Morgan fingerprint density at radius 2 is 1.92 bits per heavy atom. The SMILES string of the molecule is Cc1snnc1-c1ccc(Cl)cc1. The molecule has 0 atom stereocenters. The molecule has 0 amide bonds. The van der Waals surface area contributed by atoms with Crippen LogP contribution in [0.4, 0.5) is 0 Å². The Labute approximate surface area is 85.3 Å². The van der Waals surface area contributed by atoms with Crippen LogP contribution < -0.4 is 0 Å². The van der Waals surface area contributed by atoms with Crippen LogP contribution in [-0.2, 0) is 0 Å². The molecule has 13 heavy (non-hydrogen) atoms. The molecule has 0 saturated heterocycles. The fraction of sp³-hybridized carbons (Fsp3) is 0.111. The van der Waals surface area contributed by atoms with Gasteiger partial charge in [-0.05, 0) is 30.6 Å². The van der Waals surface area contributed by atoms with Crippen LogP contribution in [0.3, 0.4) is 0 Å². The van der Waals surface area contributed by atoms with Crippen molar-refractivity contribution in [3.05, 3.63) is 34.2 Å². The van der Waals surface area contributed by atoms with E-state index in [-0.39, 0.29) is 0 Å². The predicted molar refractivity (Wildman–Crippen MR) is 55.1 cm³/mol. The van der Waals surface area contributed by atoms with Crippen molar-refractivity contribution in [2.45, 2.75) is 6.92 Å². The fourth-order valence-electron chi connectivity index (χ4n) is 1.10. The van der Waals surface area contributed by atoms with Crippen molar-refractivity contribution in [3.8, 4) is 11.3 Å². The van der Waals surface area contributed by atoms with Crippen LogP contribution in [0.15, 0.2) is 24.3 Å². The Bertz CT molecular complexity index is 408. The average molecular weight is 211 g/mol. The maximum atomic E-state index is 5.78. The van der Waals surface area contributed by atoms with Gasteiger partial charge in [-0.2, -0.15) is 0 Å². The minimum atomic E-state index is 0.740. The zero-order chi connectivity index (χ0) is 9.26. The molecule has 1 aromatic carbocycles. The smallest absolute Gasteiger partial charge is 0.108 e. The third kappa shape index (κ3) is 1.71. The first-order chi connectivity index (χ1) is 6.27. The zero-order valence-electron chi connectivity index (χ0n) is 6.99. The maximum absolute atomic E-state index is 5.78. The highest BCUT2D eigenvalue weighted by atomic mass is 35.5. The van der Waals surface area contributed by atoms with E-state index in [0.717, 1.165) is 21.2 Å². The monoisotopic (exact) mass is 210 g/mol. The van der Waals surface area contributed by atoms with Crippen LogP contribution in [0, 0.1) is 6.92 Å². The molecule has 0 aliphatic carbocycles. The van der Waals surface area contributed by atoms with Gasteiger partial charge in [0, 0.05) is 10.6 Å². The van der Waals surface area contributed by atoms with E-state index in [1.165, 1.54) is 11.5 Å². The van der Waals surface area contributed by atoms with E-state index in [1.54, 1.807) is 0 Å². The second-order valence-electron chi connectivity index (χ2n) is 2.68. The molecule has 0 bridgehead atoms. The summed E-state index contributed by atoms with van der Waals surface area (Å²) in [4.78, 5) is 1.13. The standard InChI is InChI=1S/C9H7ClN2S/c1-6-9(11-12-13-6)7-2-4-8(10)5-3-7/h2-5H,1H3. The number of aryl methyl sites for hydroxylation is 1. The highest BCUT2D eigenvalue weighted by Gasteiger charge is 2.05. The molecule has 2 aromatic rings. The molecular weight excluding hydrogens is 204 g/mol. The molecule has 0 saturated carbocycles. The molecule has 0 spiro atoms. The highest BCUT2D eigenvalue weighted by Crippen LogP contribution is 2.23. The van der Waals surface area contributed by atoms with Gasteiger partial charge in [0.15, 0.2) is 0 Å². The Morgan fingerprint density at radius 3 is 2.46 bits per heavy atom. The fourth-order valence-corrected chi connectivity index (χ4v) is 1.72. The van der Waals surface area contributed by atoms with Crippen molar-refractivity contribution in [1.82, 2.24) is 9.59 Å². The molecule has 0 N–H and O–H groups in total. The van der Waals surface area contributed by atoms with Gasteiger partial charge in [0.25, 0.3) is 0 Å². The summed E-state index contributed by atoms with van der Waals surface area (Å²) in [5.41, 5.74) is 2.01. The third-order valence-corrected chi connectivity index (χ3v) is 2.65. The Kier molecular flexibility index (Phi) is 2.29. The lowest BCUT2D eigenvalue weighted by atomic mass is 10.1. The van der Waals surface area contributed by atoms with E-state index in [9.17, 15) is 0 Å². The van der Waals surface area contributed by atoms with E-state index in [1.807, 2.05) is 31.2 Å². The number of aromatic nitrogens is 2. The first kappa shape index (κ1) is 8.66. The molecule has 2 nitrogen and oxygen atoms in total. The lowest BCUT2D eigenvalue weighted by molar-refractivity contribution is 1.16. The van der Waals surface area contributed by atoms with Gasteiger partial charge in [-0.25, -0.2) is 0 Å². The number of halogens is 1. The molecular formula is C9H7ClN2S. The van der Waals surface area contributed by atoms with Crippen molar-refractivity contribution in [1.29, 1.82) is 0 Å². The normalized spacial score (nSPS) is 10.3. The van der Waals surface area contributed by atoms with E-state index in [4.69, 9.17) is 11.6 Å². The summed E-state index contributed by atoms with van der Waals surface area (Å²) >= 11 is 7.19. The molecule has 0 aliphatic heterocycles. The van der Waals surface area contributed by atoms with Crippen molar-refractivity contribution in [2.24, 2.45) is 0 Å². The minimum Gasteiger partial charge on any atom is -0.138 e.